The van der Waals surface area contributed by atoms with Crippen LogP contribution < -0.4 is 52.6 Å². The van der Waals surface area contributed by atoms with Gasteiger partial charge in [-0.25, -0.2) is 0 Å². The number of nitrogens with one attached hydrogen (secondary N) is 7. The lowest BCUT2D eigenvalue weighted by atomic mass is 9.82. The summed E-state index contributed by atoms with van der Waals surface area (Å²) in [4.78, 5) is 41.6. The number of carbonyl (C=O) groups is 3. The van der Waals surface area contributed by atoms with E-state index in [-0.39, 0.29) is 24.3 Å². The van der Waals surface area contributed by atoms with E-state index in [1.807, 2.05) is 30.3 Å². The number of hydrogen-bond donors (Lipinski definition) is 7. The molecule has 2 aliphatic carbocycles. The maximum absolute atomic E-state index is 13.8. The van der Waals surface area contributed by atoms with Gasteiger partial charge in [-0.05, 0) is 153 Å². The molecule has 1 saturated carbocycles. The molecule has 2 aliphatic rings. The van der Waals surface area contributed by atoms with E-state index in [2.05, 4.69) is 165 Å². The van der Waals surface area contributed by atoms with Gasteiger partial charge in [0, 0.05) is 73.1 Å². The van der Waals surface area contributed by atoms with Gasteiger partial charge in [0.1, 0.15) is 12.3 Å². The number of allylic oxidation sites excluding steroid dienone is 1. The number of nitrogens with zero attached hydrogens (tertiary/aromatic N) is 1. The monoisotopic (exact) mass is 965 g/mol. The van der Waals surface area contributed by atoms with E-state index in [9.17, 15) is 14.4 Å². The second-order valence-electron chi connectivity index (χ2n) is 19.8. The van der Waals surface area contributed by atoms with Crippen molar-refractivity contribution in [3.63, 3.8) is 0 Å². The van der Waals surface area contributed by atoms with Crippen LogP contribution in [-0.2, 0) is 27.2 Å². The highest BCUT2D eigenvalue weighted by molar-refractivity contribution is 7.80. The van der Waals surface area contributed by atoms with Gasteiger partial charge < -0.3 is 46.9 Å². The van der Waals surface area contributed by atoms with Gasteiger partial charge >= 0.3 is 0 Å². The first-order chi connectivity index (χ1) is 33.5. The first-order valence-corrected chi connectivity index (χ1v) is 25.5. The largest absolute Gasteiger partial charge is 0.387 e. The highest BCUT2D eigenvalue weighted by atomic mass is 32.1. The summed E-state index contributed by atoms with van der Waals surface area (Å²) >= 11 is 5.90. The Morgan fingerprint density at radius 2 is 1.59 bits per heavy atom. The SMILES string of the molecule is C=C(CCC(C=O)NC(=C)NC(C)CCC)NCCNC(=O)C(Cc1ccccc1)NC(=O)CC1(C)CC1(C)NC(=S)Nc1ccc(C2=c3ccc(=C)cc3Cc3cc(N(CC)CC)ccc32)c(C)c1. The Kier molecular flexibility index (Phi) is 18.1. The molecule has 0 aliphatic heterocycles. The molecule has 5 atom stereocenters. The van der Waals surface area contributed by atoms with Crippen molar-refractivity contribution in [1.29, 1.82) is 0 Å². The minimum absolute atomic E-state index is 0.198. The fraction of sp³-hybridized carbons (Fsp3) is 0.414. The number of amides is 2. The van der Waals surface area contributed by atoms with Crippen LogP contribution in [0.5, 0.6) is 0 Å². The van der Waals surface area contributed by atoms with Gasteiger partial charge in [0.05, 0.1) is 11.9 Å². The normalized spacial score (nSPS) is 17.8. The summed E-state index contributed by atoms with van der Waals surface area (Å²) < 4.78 is 0. The molecule has 0 radical (unpaired) electrons. The van der Waals surface area contributed by atoms with Crippen LogP contribution >= 0.6 is 12.2 Å². The fourth-order valence-electron chi connectivity index (χ4n) is 9.92. The Morgan fingerprint density at radius 3 is 2.29 bits per heavy atom. The zero-order valence-corrected chi connectivity index (χ0v) is 43.4. The zero-order valence-electron chi connectivity index (χ0n) is 42.6. The first kappa shape index (κ1) is 53.0. The Morgan fingerprint density at radius 1 is 0.857 bits per heavy atom. The number of anilines is 2. The summed E-state index contributed by atoms with van der Waals surface area (Å²) in [6.07, 6.45) is 6.23. The maximum atomic E-state index is 13.8. The number of thiocarbonyl (C=S) groups is 1. The lowest BCUT2D eigenvalue weighted by Gasteiger charge is -2.26. The molecule has 70 heavy (non-hydrogen) atoms. The average molecular weight is 965 g/mol. The highest BCUT2D eigenvalue weighted by Crippen LogP contribution is 2.58. The minimum atomic E-state index is -0.769. The van der Waals surface area contributed by atoms with Crippen molar-refractivity contribution < 1.29 is 14.4 Å². The zero-order chi connectivity index (χ0) is 50.6. The van der Waals surface area contributed by atoms with Crippen LogP contribution in [0.2, 0.25) is 0 Å². The second kappa shape index (κ2) is 23.9. The van der Waals surface area contributed by atoms with E-state index < -0.39 is 23.0 Å². The Balaban J connectivity index is 1.02. The van der Waals surface area contributed by atoms with Gasteiger partial charge in [0.15, 0.2) is 5.11 Å². The van der Waals surface area contributed by atoms with Gasteiger partial charge in [0.2, 0.25) is 11.8 Å². The lowest BCUT2D eigenvalue weighted by Crippen LogP contribution is -2.50. The lowest BCUT2D eigenvalue weighted by molar-refractivity contribution is -0.129. The van der Waals surface area contributed by atoms with E-state index in [0.717, 1.165) is 72.8 Å². The quantitative estimate of drug-likeness (QED) is 0.0171. The molecule has 4 aromatic rings. The van der Waals surface area contributed by atoms with E-state index >= 15 is 0 Å². The van der Waals surface area contributed by atoms with Gasteiger partial charge in [-0.1, -0.05) is 101 Å². The summed E-state index contributed by atoms with van der Waals surface area (Å²) in [5, 5.41) is 25.4. The van der Waals surface area contributed by atoms with E-state index in [0.29, 0.717) is 43.3 Å². The van der Waals surface area contributed by atoms with Crippen LogP contribution in [0.1, 0.15) is 113 Å². The summed E-state index contributed by atoms with van der Waals surface area (Å²) in [5.74, 6) is 0.166. The van der Waals surface area contributed by atoms with Crippen LogP contribution in [0.4, 0.5) is 11.4 Å². The molecular formula is C58H76N8O3S. The molecule has 2 amide bonds. The summed E-state index contributed by atoms with van der Waals surface area (Å²) in [7, 11) is 0. The van der Waals surface area contributed by atoms with E-state index in [4.69, 9.17) is 12.2 Å². The summed E-state index contributed by atoms with van der Waals surface area (Å²) in [6.45, 7) is 30.0. The Labute approximate surface area is 422 Å². The number of rotatable bonds is 26. The van der Waals surface area contributed by atoms with Crippen LogP contribution in [0, 0.1) is 12.3 Å². The number of carbonyl (C=O) groups excluding carboxylic acids is 3. The third-order valence-corrected chi connectivity index (χ3v) is 14.3. The van der Waals surface area contributed by atoms with Gasteiger partial charge in [-0.3, -0.25) is 9.59 Å². The average Bonchev–Trinajstić information content (AvgIpc) is 3.85. The van der Waals surface area contributed by atoms with Crippen LogP contribution in [0.3, 0.4) is 0 Å². The van der Waals surface area contributed by atoms with E-state index in [1.165, 1.54) is 38.7 Å². The number of aldehydes is 1. The predicted molar refractivity (Wildman–Crippen MR) is 293 cm³/mol. The number of fused-ring (bicyclic) bond motifs is 2. The van der Waals surface area contributed by atoms with Crippen LogP contribution in [-0.4, -0.2) is 73.1 Å². The van der Waals surface area contributed by atoms with Gasteiger partial charge in [-0.2, -0.15) is 0 Å². The third kappa shape index (κ3) is 13.7. The molecule has 11 nitrogen and oxygen atoms in total. The first-order valence-electron chi connectivity index (χ1n) is 25.1. The molecule has 0 saturated heterocycles. The predicted octanol–water partition coefficient (Wildman–Crippen LogP) is 7.38. The molecule has 0 spiro atoms. The molecule has 0 bridgehead atoms. The number of hydrogen-bond acceptors (Lipinski definition) is 8. The molecule has 4 aromatic carbocycles. The molecule has 5 unspecified atom stereocenters. The maximum Gasteiger partial charge on any atom is 0.242 e. The van der Waals surface area contributed by atoms with Crippen molar-refractivity contribution >= 4 is 59.0 Å². The molecule has 0 heterocycles. The van der Waals surface area contributed by atoms with Crippen molar-refractivity contribution in [2.45, 2.75) is 123 Å². The Hall–Kier alpha value is -6.40. The van der Waals surface area contributed by atoms with E-state index in [1.54, 1.807) is 0 Å². The second-order valence-corrected chi connectivity index (χ2v) is 20.2. The van der Waals surface area contributed by atoms with Gasteiger partial charge in [-0.15, -0.1) is 0 Å². The van der Waals surface area contributed by atoms with Crippen molar-refractivity contribution in [2.75, 3.05) is 36.4 Å². The molecule has 1 fully saturated rings. The number of aryl methyl sites for hydroxylation is 1. The molecule has 372 valence electrons. The Bertz CT molecular complexity index is 2670. The third-order valence-electron chi connectivity index (χ3n) is 14.1. The van der Waals surface area contributed by atoms with Crippen molar-refractivity contribution in [3.8, 4) is 0 Å². The van der Waals surface area contributed by atoms with Crippen molar-refractivity contribution in [2.24, 2.45) is 5.41 Å². The molecule has 7 N–H and O–H groups in total. The smallest absolute Gasteiger partial charge is 0.242 e. The minimum Gasteiger partial charge on any atom is -0.387 e. The van der Waals surface area contributed by atoms with Gasteiger partial charge in [0.25, 0.3) is 0 Å². The molecular weight excluding hydrogens is 889 g/mol. The van der Waals surface area contributed by atoms with Crippen LogP contribution in [0.25, 0.3) is 12.2 Å². The number of benzene rings is 4. The molecule has 6 rings (SSSR count). The standard InChI is InChI=1S/C58H76N8O3S/c1-11-17-41(7)61-42(8)62-47(36-67)22-21-40(6)59-28-29-60-55(69)52(32-43-18-15-14-16-19-43)64-53(68)35-57(9)37-58(57,10)65-56(70)63-46-23-26-49(39(5)31-46)54-50-25-20-38(4)30-44(50)33-45-34-48(24-27-51(45)54)66(12-2)13-3/h14-16,18-20,23-27,30-31,34,36,41,47,52,59,61-62H,4,6,8,11-13,17,21-22,28-29,32-33,35,37H2,1-3,5,7,9-10H3,(H,60,69)(H,64,68)(H2,63,65,70). The highest BCUT2D eigenvalue weighted by Gasteiger charge is 2.62. The fourth-order valence-corrected chi connectivity index (χ4v) is 10.3. The summed E-state index contributed by atoms with van der Waals surface area (Å²) in [6, 6.07) is 28.6. The molecule has 0 aromatic heterocycles. The van der Waals surface area contributed by atoms with Crippen LogP contribution in [0.15, 0.2) is 110 Å². The summed E-state index contributed by atoms with van der Waals surface area (Å²) in [5.41, 5.74) is 10.4. The van der Waals surface area contributed by atoms with Crippen molar-refractivity contribution in [3.05, 3.63) is 153 Å². The topological polar surface area (TPSA) is 139 Å². The van der Waals surface area contributed by atoms with Crippen molar-refractivity contribution in [1.82, 2.24) is 31.9 Å². The molecule has 12 heteroatoms.